The lowest BCUT2D eigenvalue weighted by atomic mass is 10.1. The fourth-order valence-corrected chi connectivity index (χ4v) is 3.63. The van der Waals surface area contributed by atoms with E-state index in [9.17, 15) is 8.78 Å². The molecule has 0 amide bonds. The van der Waals surface area contributed by atoms with E-state index < -0.39 is 6.43 Å². The summed E-state index contributed by atoms with van der Waals surface area (Å²) in [5, 5.41) is 0. The molecule has 3 aromatic rings. The second-order valence-corrected chi connectivity index (χ2v) is 8.66. The third-order valence-electron chi connectivity index (χ3n) is 3.69. The van der Waals surface area contributed by atoms with Crippen molar-refractivity contribution in [2.24, 2.45) is 0 Å². The summed E-state index contributed by atoms with van der Waals surface area (Å²) in [6.07, 6.45) is 2.33. The van der Waals surface area contributed by atoms with Crippen LogP contribution in [0.25, 0.3) is 16.9 Å². The Morgan fingerprint density at radius 3 is 2.54 bits per heavy atom. The summed E-state index contributed by atoms with van der Waals surface area (Å²) in [7, 11) is 1.61. The number of fused-ring (bicyclic) bond motifs is 1. The molecule has 0 aliphatic heterocycles. The van der Waals surface area contributed by atoms with Crippen molar-refractivity contribution in [2.45, 2.75) is 36.8 Å². The van der Waals surface area contributed by atoms with Gasteiger partial charge in [-0.3, -0.25) is 4.40 Å². The summed E-state index contributed by atoms with van der Waals surface area (Å²) in [6.45, 7) is 6.32. The van der Waals surface area contributed by atoms with Crippen molar-refractivity contribution in [1.29, 1.82) is 0 Å². The first-order chi connectivity index (χ1) is 12.2. The normalized spacial score (nSPS) is 12.1. The molecule has 0 radical (unpaired) electrons. The van der Waals surface area contributed by atoms with Gasteiger partial charge in [-0.15, -0.1) is 11.8 Å². The summed E-state index contributed by atoms with van der Waals surface area (Å²) in [6, 6.07) is 3.19. The number of rotatable bonds is 4. The van der Waals surface area contributed by atoms with E-state index in [2.05, 4.69) is 30.7 Å². The van der Waals surface area contributed by atoms with Gasteiger partial charge in [0.25, 0.3) is 6.43 Å². The van der Waals surface area contributed by atoms with Crippen molar-refractivity contribution in [3.8, 4) is 17.0 Å². The van der Waals surface area contributed by atoms with Crippen LogP contribution in [-0.2, 0) is 0 Å². The van der Waals surface area contributed by atoms with Gasteiger partial charge in [-0.05, 0) is 6.07 Å². The van der Waals surface area contributed by atoms with Gasteiger partial charge < -0.3 is 10.5 Å². The number of nitrogens with zero attached hydrogens (tertiary/aromatic N) is 3. The van der Waals surface area contributed by atoms with Gasteiger partial charge in [0.15, 0.2) is 0 Å². The molecule has 3 aromatic heterocycles. The van der Waals surface area contributed by atoms with Gasteiger partial charge in [0.1, 0.15) is 17.2 Å². The molecule has 0 unspecified atom stereocenters. The highest BCUT2D eigenvalue weighted by atomic mass is 32.2. The maximum absolute atomic E-state index is 13.1. The van der Waals surface area contributed by atoms with Gasteiger partial charge in [0, 0.05) is 28.8 Å². The summed E-state index contributed by atoms with van der Waals surface area (Å²) >= 11 is 1.66. The molecule has 5 nitrogen and oxygen atoms in total. The molecule has 0 aromatic carbocycles. The fourth-order valence-electron chi connectivity index (χ4n) is 2.57. The average molecular weight is 378 g/mol. The molecule has 3 heterocycles. The number of nitrogens with two attached hydrogens (primary N) is 1. The van der Waals surface area contributed by atoms with Gasteiger partial charge in [0.05, 0.1) is 29.5 Å². The summed E-state index contributed by atoms with van der Waals surface area (Å²) in [5.74, 6) is 0.557. The minimum Gasteiger partial charge on any atom is -0.495 e. The highest BCUT2D eigenvalue weighted by Gasteiger charge is 2.19. The topological polar surface area (TPSA) is 65.4 Å². The van der Waals surface area contributed by atoms with Crippen molar-refractivity contribution in [3.05, 3.63) is 36.3 Å². The smallest absolute Gasteiger partial charge is 0.267 e. The van der Waals surface area contributed by atoms with E-state index in [0.717, 1.165) is 10.6 Å². The second-order valence-electron chi connectivity index (χ2n) is 6.79. The third kappa shape index (κ3) is 3.60. The zero-order chi connectivity index (χ0) is 19.1. The maximum atomic E-state index is 13.1. The molecule has 0 saturated carbocycles. The number of aromatic nitrogens is 3. The average Bonchev–Trinajstić information content (AvgIpc) is 2.95. The van der Waals surface area contributed by atoms with Crippen molar-refractivity contribution in [3.63, 3.8) is 0 Å². The zero-order valence-corrected chi connectivity index (χ0v) is 15.8. The number of methoxy groups -OCH3 is 1. The molecule has 26 heavy (non-hydrogen) atoms. The molecule has 8 heteroatoms. The molecule has 0 aliphatic carbocycles. The van der Waals surface area contributed by atoms with Gasteiger partial charge in [0.2, 0.25) is 0 Å². The van der Waals surface area contributed by atoms with Crippen LogP contribution >= 0.6 is 11.8 Å². The lowest BCUT2D eigenvalue weighted by Gasteiger charge is -2.19. The molecule has 0 spiro atoms. The molecule has 0 fully saturated rings. The number of ether oxygens (including phenoxy) is 1. The minimum atomic E-state index is -2.69. The van der Waals surface area contributed by atoms with Gasteiger partial charge in [-0.1, -0.05) is 20.8 Å². The quantitative estimate of drug-likeness (QED) is 0.660. The molecule has 0 bridgehead atoms. The summed E-state index contributed by atoms with van der Waals surface area (Å²) in [5.41, 5.74) is 7.12. The van der Waals surface area contributed by atoms with E-state index in [4.69, 9.17) is 10.5 Å². The number of imidazole rings is 1. The molecule has 0 atom stereocenters. The molecule has 3 rings (SSSR count). The Morgan fingerprint density at radius 1 is 1.19 bits per heavy atom. The van der Waals surface area contributed by atoms with Gasteiger partial charge in [-0.25, -0.2) is 18.7 Å². The molecule has 138 valence electrons. The van der Waals surface area contributed by atoms with Crippen LogP contribution in [0.4, 0.5) is 14.6 Å². The number of anilines is 1. The lowest BCUT2D eigenvalue weighted by molar-refractivity contribution is 0.152. The van der Waals surface area contributed by atoms with E-state index in [1.165, 1.54) is 12.3 Å². The number of pyridine rings is 2. The minimum absolute atomic E-state index is 0.0205. The Balaban J connectivity index is 2.16. The second kappa shape index (κ2) is 6.75. The third-order valence-corrected chi connectivity index (χ3v) is 4.83. The van der Waals surface area contributed by atoms with E-state index in [0.29, 0.717) is 16.9 Å². The Hall–Kier alpha value is -2.35. The van der Waals surface area contributed by atoms with Crippen LogP contribution in [0.15, 0.2) is 35.6 Å². The number of hydrogen-bond donors (Lipinski definition) is 1. The van der Waals surface area contributed by atoms with Crippen molar-refractivity contribution >= 4 is 23.2 Å². The van der Waals surface area contributed by atoms with Gasteiger partial charge >= 0.3 is 0 Å². The number of nitrogen functional groups attached to an aromatic ring is 1. The maximum Gasteiger partial charge on any atom is 0.267 e. The highest BCUT2D eigenvalue weighted by molar-refractivity contribution is 8.00. The SMILES string of the molecule is COc1cc2ncc(-c3cnc(N)c(C(F)F)c3)n2cc1SC(C)(C)C. The van der Waals surface area contributed by atoms with E-state index in [1.54, 1.807) is 25.1 Å². The first kappa shape index (κ1) is 18.4. The monoisotopic (exact) mass is 378 g/mol. The summed E-state index contributed by atoms with van der Waals surface area (Å²) in [4.78, 5) is 9.21. The summed E-state index contributed by atoms with van der Waals surface area (Å²) < 4.78 is 33.6. The molecular formula is C18H20F2N4OS. The van der Waals surface area contributed by atoms with Gasteiger partial charge in [-0.2, -0.15) is 0 Å². The largest absolute Gasteiger partial charge is 0.495 e. The van der Waals surface area contributed by atoms with E-state index in [-0.39, 0.29) is 16.1 Å². The number of halogens is 2. The highest BCUT2D eigenvalue weighted by Crippen LogP contribution is 2.39. The molecule has 0 saturated heterocycles. The van der Waals surface area contributed by atoms with Crippen LogP contribution in [0.5, 0.6) is 5.75 Å². The number of hydrogen-bond acceptors (Lipinski definition) is 5. The van der Waals surface area contributed by atoms with Crippen LogP contribution in [0.3, 0.4) is 0 Å². The van der Waals surface area contributed by atoms with E-state index in [1.807, 2.05) is 16.7 Å². The molecular weight excluding hydrogens is 358 g/mol. The Morgan fingerprint density at radius 2 is 1.92 bits per heavy atom. The molecule has 2 N–H and O–H groups in total. The van der Waals surface area contributed by atoms with Crippen LogP contribution in [0.2, 0.25) is 0 Å². The Bertz CT molecular complexity index is 950. The van der Waals surface area contributed by atoms with Crippen molar-refractivity contribution < 1.29 is 13.5 Å². The fraction of sp³-hybridized carbons (Fsp3) is 0.333. The zero-order valence-electron chi connectivity index (χ0n) is 15.0. The lowest BCUT2D eigenvalue weighted by Crippen LogP contribution is -2.08. The van der Waals surface area contributed by atoms with Crippen LogP contribution in [0.1, 0.15) is 32.8 Å². The first-order valence-corrected chi connectivity index (χ1v) is 8.79. The molecule has 0 aliphatic rings. The predicted octanol–water partition coefficient (Wildman–Crippen LogP) is 4.82. The van der Waals surface area contributed by atoms with Crippen molar-refractivity contribution in [2.75, 3.05) is 12.8 Å². The van der Waals surface area contributed by atoms with Crippen LogP contribution in [-0.4, -0.2) is 26.2 Å². The number of alkyl halides is 2. The number of thioether (sulfide) groups is 1. The Labute approximate surface area is 154 Å². The Kier molecular flexibility index (Phi) is 4.79. The van der Waals surface area contributed by atoms with Crippen LogP contribution < -0.4 is 10.5 Å². The van der Waals surface area contributed by atoms with E-state index >= 15 is 0 Å². The standard InChI is InChI=1S/C18H20F2N4OS/c1-18(2,3)26-14-9-24-12(8-22-15(24)6-13(14)25-4)10-5-11(16(19)20)17(21)23-7-10/h5-9,16H,1-4H3,(H2,21,23). The van der Waals surface area contributed by atoms with Crippen molar-refractivity contribution in [1.82, 2.24) is 14.4 Å². The van der Waals surface area contributed by atoms with Crippen LogP contribution in [0, 0.1) is 0 Å². The first-order valence-electron chi connectivity index (χ1n) is 7.97. The predicted molar refractivity (Wildman–Crippen MR) is 100.0 cm³/mol.